The van der Waals surface area contributed by atoms with E-state index in [2.05, 4.69) is 10.1 Å². The van der Waals surface area contributed by atoms with Crippen molar-refractivity contribution < 1.29 is 14.3 Å². The van der Waals surface area contributed by atoms with E-state index in [4.69, 9.17) is 0 Å². The summed E-state index contributed by atoms with van der Waals surface area (Å²) >= 11 is 0. The lowest BCUT2D eigenvalue weighted by atomic mass is 9.92. The Morgan fingerprint density at radius 2 is 2.00 bits per heavy atom. The Hall–Kier alpha value is -1.84. The van der Waals surface area contributed by atoms with Crippen molar-refractivity contribution in [2.75, 3.05) is 12.4 Å². The van der Waals surface area contributed by atoms with Crippen LogP contribution in [0.3, 0.4) is 0 Å². The highest BCUT2D eigenvalue weighted by molar-refractivity contribution is 5.99. The van der Waals surface area contributed by atoms with Gasteiger partial charge in [-0.3, -0.25) is 10.1 Å². The molecule has 1 unspecified atom stereocenters. The Morgan fingerprint density at radius 3 is 2.53 bits per heavy atom. The number of carbonyl (C=O) groups excluding carboxylic acids is 2. The number of amides is 1. The van der Waals surface area contributed by atoms with Crippen LogP contribution in [0.4, 0.5) is 10.5 Å². The smallest absolute Gasteiger partial charge is 0.411 e. The van der Waals surface area contributed by atoms with Crippen LogP contribution in [0.15, 0.2) is 18.2 Å². The molecule has 0 spiro atoms. The van der Waals surface area contributed by atoms with Crippen molar-refractivity contribution in [1.82, 2.24) is 0 Å². The van der Waals surface area contributed by atoms with E-state index in [9.17, 15) is 9.59 Å². The first-order valence-electron chi connectivity index (χ1n) is 6.55. The van der Waals surface area contributed by atoms with Crippen LogP contribution < -0.4 is 5.32 Å². The summed E-state index contributed by atoms with van der Waals surface area (Å²) in [5.41, 5.74) is 2.33. The van der Waals surface area contributed by atoms with Gasteiger partial charge in [0.15, 0.2) is 5.78 Å². The van der Waals surface area contributed by atoms with Crippen molar-refractivity contribution in [2.24, 2.45) is 5.92 Å². The van der Waals surface area contributed by atoms with Crippen molar-refractivity contribution >= 4 is 17.6 Å². The van der Waals surface area contributed by atoms with Crippen molar-refractivity contribution in [2.45, 2.75) is 33.6 Å². The number of carbonyl (C=O) groups is 2. The number of ketones is 1. The summed E-state index contributed by atoms with van der Waals surface area (Å²) in [6, 6.07) is 5.33. The van der Waals surface area contributed by atoms with Crippen LogP contribution in [0.25, 0.3) is 0 Å². The van der Waals surface area contributed by atoms with E-state index in [0.29, 0.717) is 5.69 Å². The Balaban J connectivity index is 3.02. The molecule has 0 saturated heterocycles. The van der Waals surface area contributed by atoms with Gasteiger partial charge in [-0.2, -0.15) is 0 Å². The van der Waals surface area contributed by atoms with E-state index in [1.165, 1.54) is 7.11 Å². The maximum atomic E-state index is 12.2. The highest BCUT2D eigenvalue weighted by Gasteiger charge is 2.16. The summed E-state index contributed by atoms with van der Waals surface area (Å²) in [5, 5.41) is 2.60. The predicted octanol–water partition coefficient (Wildman–Crippen LogP) is 3.66. The molecule has 0 radical (unpaired) electrons. The minimum Gasteiger partial charge on any atom is -0.453 e. The van der Waals surface area contributed by atoms with Gasteiger partial charge in [0.2, 0.25) is 0 Å². The number of Topliss-reactive ketones (excluding diaryl/α,β-unsaturated/α-hetero) is 1. The molecule has 0 aliphatic carbocycles. The molecule has 1 aromatic carbocycles. The molecule has 1 amide bonds. The zero-order chi connectivity index (χ0) is 14.4. The van der Waals surface area contributed by atoms with Crippen LogP contribution >= 0.6 is 0 Å². The third-order valence-electron chi connectivity index (χ3n) is 3.24. The Bertz CT molecular complexity index is 468. The molecule has 19 heavy (non-hydrogen) atoms. The molecule has 0 aromatic heterocycles. The third-order valence-corrected chi connectivity index (χ3v) is 3.24. The van der Waals surface area contributed by atoms with Crippen LogP contribution in [0.2, 0.25) is 0 Å². The second kappa shape index (κ2) is 6.92. The Morgan fingerprint density at radius 1 is 1.32 bits per heavy atom. The number of rotatable bonds is 5. The quantitative estimate of drug-likeness (QED) is 0.825. The highest BCUT2D eigenvalue weighted by Crippen LogP contribution is 2.21. The zero-order valence-electron chi connectivity index (χ0n) is 11.9. The first kappa shape index (κ1) is 15.2. The van der Waals surface area contributed by atoms with E-state index in [0.717, 1.165) is 24.0 Å². The number of nitrogens with one attached hydrogen (secondary N) is 1. The van der Waals surface area contributed by atoms with Gasteiger partial charge in [-0.15, -0.1) is 0 Å². The van der Waals surface area contributed by atoms with E-state index < -0.39 is 6.09 Å². The fourth-order valence-corrected chi connectivity index (χ4v) is 1.82. The number of ether oxygens (including phenoxy) is 1. The molecule has 0 saturated carbocycles. The van der Waals surface area contributed by atoms with Crippen LogP contribution in [0.5, 0.6) is 0 Å². The summed E-state index contributed by atoms with van der Waals surface area (Å²) in [6.45, 7) is 5.92. The first-order chi connectivity index (χ1) is 9.03. The normalized spacial score (nSPS) is 11.8. The number of anilines is 1. The molecule has 0 fully saturated rings. The average molecular weight is 263 g/mol. The van der Waals surface area contributed by atoms with Gasteiger partial charge in [-0.25, -0.2) is 4.79 Å². The molecule has 1 rings (SSSR count). The molecule has 104 valence electrons. The van der Waals surface area contributed by atoms with Gasteiger partial charge < -0.3 is 4.74 Å². The fourth-order valence-electron chi connectivity index (χ4n) is 1.82. The van der Waals surface area contributed by atoms with Gasteiger partial charge in [0, 0.05) is 17.2 Å². The SMILES string of the molecule is CCc1cc(NC(=O)OC)ccc1C(=O)C(C)CC. The minimum atomic E-state index is -0.511. The maximum Gasteiger partial charge on any atom is 0.411 e. The number of methoxy groups -OCH3 is 1. The summed E-state index contributed by atoms with van der Waals surface area (Å²) in [4.78, 5) is 23.4. The lowest BCUT2D eigenvalue weighted by molar-refractivity contribution is 0.0926. The lowest BCUT2D eigenvalue weighted by Gasteiger charge is -2.13. The Labute approximate surface area is 114 Å². The Kier molecular flexibility index (Phi) is 5.55. The van der Waals surface area contributed by atoms with Gasteiger partial charge >= 0.3 is 6.09 Å². The first-order valence-corrected chi connectivity index (χ1v) is 6.55. The summed E-state index contributed by atoms with van der Waals surface area (Å²) in [5.74, 6) is 0.175. The molecule has 1 aromatic rings. The lowest BCUT2D eigenvalue weighted by Crippen LogP contribution is -2.14. The molecular weight excluding hydrogens is 242 g/mol. The van der Waals surface area contributed by atoms with Gasteiger partial charge in [-0.05, 0) is 36.6 Å². The van der Waals surface area contributed by atoms with Gasteiger partial charge in [0.25, 0.3) is 0 Å². The average Bonchev–Trinajstić information content (AvgIpc) is 2.45. The standard InChI is InChI=1S/C15H21NO3/c1-5-10(3)14(17)13-8-7-12(9-11(13)6-2)16-15(18)19-4/h7-10H,5-6H2,1-4H3,(H,16,18). The minimum absolute atomic E-state index is 0.0183. The molecule has 1 N–H and O–H groups in total. The molecule has 0 bridgehead atoms. The highest BCUT2D eigenvalue weighted by atomic mass is 16.5. The fraction of sp³-hybridized carbons (Fsp3) is 0.467. The summed E-state index contributed by atoms with van der Waals surface area (Å²) in [6.07, 6.45) is 1.06. The summed E-state index contributed by atoms with van der Waals surface area (Å²) < 4.78 is 4.54. The second-order valence-corrected chi connectivity index (χ2v) is 4.52. The predicted molar refractivity (Wildman–Crippen MR) is 75.6 cm³/mol. The number of benzene rings is 1. The van der Waals surface area contributed by atoms with Crippen LogP contribution in [-0.2, 0) is 11.2 Å². The molecule has 4 nitrogen and oxygen atoms in total. The van der Waals surface area contributed by atoms with Crippen molar-refractivity contribution in [3.63, 3.8) is 0 Å². The summed E-state index contributed by atoms with van der Waals surface area (Å²) in [7, 11) is 1.32. The van der Waals surface area contributed by atoms with Crippen LogP contribution in [0.1, 0.15) is 43.1 Å². The third kappa shape index (κ3) is 3.81. The van der Waals surface area contributed by atoms with Crippen LogP contribution in [-0.4, -0.2) is 19.0 Å². The monoisotopic (exact) mass is 263 g/mol. The van der Waals surface area contributed by atoms with Gasteiger partial charge in [-0.1, -0.05) is 20.8 Å². The van der Waals surface area contributed by atoms with Gasteiger partial charge in [0.05, 0.1) is 7.11 Å². The largest absolute Gasteiger partial charge is 0.453 e. The van der Waals surface area contributed by atoms with Crippen molar-refractivity contribution in [1.29, 1.82) is 0 Å². The van der Waals surface area contributed by atoms with Gasteiger partial charge in [0.1, 0.15) is 0 Å². The zero-order valence-corrected chi connectivity index (χ0v) is 11.9. The molecule has 0 aliphatic heterocycles. The number of aryl methyl sites for hydroxylation is 1. The molecule has 1 atom stereocenters. The van der Waals surface area contributed by atoms with E-state index >= 15 is 0 Å². The van der Waals surface area contributed by atoms with E-state index in [-0.39, 0.29) is 11.7 Å². The molecular formula is C15H21NO3. The maximum absolute atomic E-state index is 12.2. The number of hydrogen-bond acceptors (Lipinski definition) is 3. The number of hydrogen-bond donors (Lipinski definition) is 1. The van der Waals surface area contributed by atoms with E-state index in [1.54, 1.807) is 12.1 Å². The molecule has 0 aliphatic rings. The molecule has 4 heteroatoms. The van der Waals surface area contributed by atoms with Crippen LogP contribution in [0, 0.1) is 5.92 Å². The van der Waals surface area contributed by atoms with Crippen molar-refractivity contribution in [3.8, 4) is 0 Å². The molecule has 0 heterocycles. The van der Waals surface area contributed by atoms with Crippen molar-refractivity contribution in [3.05, 3.63) is 29.3 Å². The van der Waals surface area contributed by atoms with E-state index in [1.807, 2.05) is 26.8 Å². The topological polar surface area (TPSA) is 55.4 Å². The second-order valence-electron chi connectivity index (χ2n) is 4.52.